The molecular weight excluding hydrogens is 450 g/mol. The third-order valence-electron chi connectivity index (χ3n) is 6.09. The van der Waals surface area contributed by atoms with Crippen LogP contribution in [0.25, 0.3) is 11.1 Å². The lowest BCUT2D eigenvalue weighted by Gasteiger charge is -2.16. The number of carbonyl (C=O) groups is 3. The van der Waals surface area contributed by atoms with Gasteiger partial charge in [-0.05, 0) is 34.6 Å². The summed E-state index contributed by atoms with van der Waals surface area (Å²) in [6.45, 7) is 2.49. The summed E-state index contributed by atoms with van der Waals surface area (Å²) in [5.74, 6) is -1.32. The number of nitrogens with one attached hydrogen (secondary N) is 2. The lowest BCUT2D eigenvalue weighted by Crippen LogP contribution is -2.31. The Bertz CT molecular complexity index is 1180. The predicted molar refractivity (Wildman–Crippen MR) is 127 cm³/mol. The summed E-state index contributed by atoms with van der Waals surface area (Å²) in [5, 5.41) is 14.4. The normalized spacial score (nSPS) is 12.9. The highest BCUT2D eigenvalue weighted by Crippen LogP contribution is 2.44. The van der Waals surface area contributed by atoms with E-state index in [0.717, 1.165) is 17.5 Å². The van der Waals surface area contributed by atoms with E-state index in [-0.39, 0.29) is 48.8 Å². The lowest BCUT2D eigenvalue weighted by molar-refractivity contribution is -0.121. The van der Waals surface area contributed by atoms with Crippen molar-refractivity contribution in [3.63, 3.8) is 0 Å². The van der Waals surface area contributed by atoms with E-state index in [1.807, 2.05) is 31.2 Å². The van der Waals surface area contributed by atoms with Gasteiger partial charge in [-0.15, -0.1) is 0 Å². The Hall–Kier alpha value is -4.14. The Morgan fingerprint density at radius 1 is 1.06 bits per heavy atom. The second-order valence-electron chi connectivity index (χ2n) is 8.56. The number of alkyl carbamates (subject to hydrolysis) is 1. The molecule has 3 N–H and O–H groups in total. The first-order valence-corrected chi connectivity index (χ1v) is 11.4. The van der Waals surface area contributed by atoms with Gasteiger partial charge in [-0.25, -0.2) is 14.6 Å². The van der Waals surface area contributed by atoms with Crippen molar-refractivity contribution in [1.82, 2.24) is 15.6 Å². The standard InChI is InChI=1S/C26H27N3O6/c1-16(10-11-23(30)27-13-22-24(25(31)32)29-15-35-22)12-28-26(33)34-14-21-19-8-4-2-6-17(19)18-7-3-5-9-20(18)21/h2-9,15-16,21H,10-14H2,1H3,(H,27,30)(H,28,33)(H,31,32). The molecule has 1 heterocycles. The van der Waals surface area contributed by atoms with E-state index in [1.54, 1.807) is 0 Å². The highest BCUT2D eigenvalue weighted by Gasteiger charge is 2.29. The van der Waals surface area contributed by atoms with Gasteiger partial charge in [0.2, 0.25) is 5.91 Å². The molecule has 1 aliphatic carbocycles. The Morgan fingerprint density at radius 3 is 2.37 bits per heavy atom. The van der Waals surface area contributed by atoms with Crippen molar-refractivity contribution < 1.29 is 28.6 Å². The molecule has 0 saturated carbocycles. The molecule has 9 heteroatoms. The topological polar surface area (TPSA) is 131 Å². The number of aromatic nitrogens is 1. The van der Waals surface area contributed by atoms with Gasteiger partial charge in [0, 0.05) is 18.9 Å². The molecule has 0 bridgehead atoms. The monoisotopic (exact) mass is 477 g/mol. The highest BCUT2D eigenvalue weighted by atomic mass is 16.5. The van der Waals surface area contributed by atoms with Crippen LogP contribution in [-0.2, 0) is 16.1 Å². The van der Waals surface area contributed by atoms with Gasteiger partial charge in [-0.1, -0.05) is 55.5 Å². The molecule has 1 aromatic heterocycles. The number of benzene rings is 2. The van der Waals surface area contributed by atoms with Gasteiger partial charge >= 0.3 is 12.1 Å². The zero-order valence-corrected chi connectivity index (χ0v) is 19.3. The fourth-order valence-electron chi connectivity index (χ4n) is 4.22. The van der Waals surface area contributed by atoms with Crippen LogP contribution in [0.4, 0.5) is 4.79 Å². The van der Waals surface area contributed by atoms with Crippen LogP contribution in [0.3, 0.4) is 0 Å². The number of rotatable bonds is 10. The molecule has 2 aromatic carbocycles. The second kappa shape index (κ2) is 10.9. The molecule has 182 valence electrons. The van der Waals surface area contributed by atoms with Crippen LogP contribution in [0, 0.1) is 5.92 Å². The Kier molecular flexibility index (Phi) is 7.45. The van der Waals surface area contributed by atoms with E-state index in [9.17, 15) is 14.4 Å². The summed E-state index contributed by atoms with van der Waals surface area (Å²) >= 11 is 0. The average Bonchev–Trinajstić information content (AvgIpc) is 3.46. The zero-order valence-electron chi connectivity index (χ0n) is 19.3. The molecule has 1 unspecified atom stereocenters. The molecule has 0 fully saturated rings. The average molecular weight is 478 g/mol. The molecule has 35 heavy (non-hydrogen) atoms. The van der Waals surface area contributed by atoms with Crippen LogP contribution in [0.15, 0.2) is 59.3 Å². The van der Waals surface area contributed by atoms with Crippen LogP contribution in [0.5, 0.6) is 0 Å². The first-order valence-electron chi connectivity index (χ1n) is 11.4. The number of carboxylic acids is 1. The number of aromatic carboxylic acids is 1. The summed E-state index contributed by atoms with van der Waals surface area (Å²) in [6.07, 6.45) is 1.30. The third-order valence-corrected chi connectivity index (χ3v) is 6.09. The molecule has 3 aromatic rings. The minimum atomic E-state index is -1.21. The van der Waals surface area contributed by atoms with E-state index in [4.69, 9.17) is 14.3 Å². The number of ether oxygens (including phenoxy) is 1. The van der Waals surface area contributed by atoms with Gasteiger partial charge in [-0.3, -0.25) is 4.79 Å². The van der Waals surface area contributed by atoms with Crippen molar-refractivity contribution in [2.24, 2.45) is 5.92 Å². The fraction of sp³-hybridized carbons (Fsp3) is 0.308. The van der Waals surface area contributed by atoms with Crippen molar-refractivity contribution in [2.45, 2.75) is 32.2 Å². The van der Waals surface area contributed by atoms with Gasteiger partial charge < -0.3 is 24.9 Å². The van der Waals surface area contributed by atoms with Crippen LogP contribution < -0.4 is 10.6 Å². The van der Waals surface area contributed by atoms with Gasteiger partial charge in [0.15, 0.2) is 17.8 Å². The van der Waals surface area contributed by atoms with Crippen LogP contribution in [-0.4, -0.2) is 41.2 Å². The molecule has 2 amide bonds. The maximum atomic E-state index is 12.3. The highest BCUT2D eigenvalue weighted by molar-refractivity contribution is 5.86. The molecule has 1 aliphatic rings. The van der Waals surface area contributed by atoms with Crippen molar-refractivity contribution in [3.05, 3.63) is 77.5 Å². The number of carbonyl (C=O) groups excluding carboxylic acids is 2. The van der Waals surface area contributed by atoms with E-state index >= 15 is 0 Å². The van der Waals surface area contributed by atoms with Crippen molar-refractivity contribution in [1.29, 1.82) is 0 Å². The second-order valence-corrected chi connectivity index (χ2v) is 8.56. The van der Waals surface area contributed by atoms with Gasteiger partial charge in [0.1, 0.15) is 6.61 Å². The van der Waals surface area contributed by atoms with Crippen LogP contribution >= 0.6 is 0 Å². The molecule has 4 rings (SSSR count). The van der Waals surface area contributed by atoms with Gasteiger partial charge in [0.05, 0.1) is 6.54 Å². The Balaban J connectivity index is 1.18. The maximum Gasteiger partial charge on any atom is 0.407 e. The minimum Gasteiger partial charge on any atom is -0.476 e. The zero-order chi connectivity index (χ0) is 24.8. The summed E-state index contributed by atoms with van der Waals surface area (Å²) in [4.78, 5) is 39.0. The van der Waals surface area contributed by atoms with Crippen LogP contribution in [0.1, 0.15) is 53.1 Å². The summed E-state index contributed by atoms with van der Waals surface area (Å²) in [6, 6.07) is 16.3. The van der Waals surface area contributed by atoms with E-state index in [1.165, 1.54) is 11.1 Å². The van der Waals surface area contributed by atoms with Gasteiger partial charge in [-0.2, -0.15) is 0 Å². The number of amides is 2. The number of oxazole rings is 1. The first-order chi connectivity index (χ1) is 16.9. The molecule has 1 atom stereocenters. The third kappa shape index (κ3) is 5.68. The Morgan fingerprint density at radius 2 is 1.71 bits per heavy atom. The van der Waals surface area contributed by atoms with Gasteiger partial charge in [0.25, 0.3) is 0 Å². The first kappa shape index (κ1) is 24.0. The number of hydrogen-bond donors (Lipinski definition) is 3. The Labute approximate surface area is 202 Å². The molecule has 9 nitrogen and oxygen atoms in total. The number of nitrogens with zero attached hydrogens (tertiary/aromatic N) is 1. The molecule has 0 aliphatic heterocycles. The number of hydrogen-bond acceptors (Lipinski definition) is 6. The summed E-state index contributed by atoms with van der Waals surface area (Å²) < 4.78 is 10.5. The summed E-state index contributed by atoms with van der Waals surface area (Å²) in [7, 11) is 0. The molecular formula is C26H27N3O6. The minimum absolute atomic E-state index is 0.000254. The van der Waals surface area contributed by atoms with Crippen molar-refractivity contribution in [2.75, 3.05) is 13.2 Å². The molecule has 0 radical (unpaired) electrons. The molecule has 0 saturated heterocycles. The largest absolute Gasteiger partial charge is 0.476 e. The fourth-order valence-corrected chi connectivity index (χ4v) is 4.22. The maximum absolute atomic E-state index is 12.3. The SMILES string of the molecule is CC(CCC(=O)NCc1ocnc1C(=O)O)CNC(=O)OCC1c2ccccc2-c2ccccc21. The van der Waals surface area contributed by atoms with Crippen molar-refractivity contribution in [3.8, 4) is 11.1 Å². The van der Waals surface area contributed by atoms with E-state index in [0.29, 0.717) is 13.0 Å². The summed E-state index contributed by atoms with van der Waals surface area (Å²) in [5.41, 5.74) is 4.44. The number of carboxylic acid groups (broad SMARTS) is 1. The number of fused-ring (bicyclic) bond motifs is 3. The van der Waals surface area contributed by atoms with Crippen LogP contribution in [0.2, 0.25) is 0 Å². The lowest BCUT2D eigenvalue weighted by atomic mass is 9.98. The van der Waals surface area contributed by atoms with E-state index < -0.39 is 12.1 Å². The van der Waals surface area contributed by atoms with E-state index in [2.05, 4.69) is 39.9 Å². The van der Waals surface area contributed by atoms with Crippen molar-refractivity contribution >= 4 is 18.0 Å². The predicted octanol–water partition coefficient (Wildman–Crippen LogP) is 3.94. The molecule has 0 spiro atoms. The quantitative estimate of drug-likeness (QED) is 0.403. The smallest absolute Gasteiger partial charge is 0.407 e.